The molecule has 0 N–H and O–H groups in total. The molecule has 0 spiro atoms. The van der Waals surface area contributed by atoms with Crippen LogP contribution in [0, 0.1) is 0 Å². The summed E-state index contributed by atoms with van der Waals surface area (Å²) in [6.45, 7) is 3.32. The minimum Gasteiger partial charge on any atom is -0.454 e. The first-order valence-corrected chi connectivity index (χ1v) is 7.90. The highest BCUT2D eigenvalue weighted by Crippen LogP contribution is 2.39. The van der Waals surface area contributed by atoms with Crippen molar-refractivity contribution in [3.63, 3.8) is 0 Å². The van der Waals surface area contributed by atoms with E-state index in [0.717, 1.165) is 5.57 Å². The van der Waals surface area contributed by atoms with Crippen molar-refractivity contribution < 1.29 is 18.3 Å². The lowest BCUT2D eigenvalue weighted by molar-refractivity contribution is -0.138. The Balaban J connectivity index is 2.16. The molecule has 0 radical (unpaired) electrons. The van der Waals surface area contributed by atoms with Gasteiger partial charge >= 0.3 is 5.97 Å². The maximum absolute atomic E-state index is 14.5. The fourth-order valence-corrected chi connectivity index (χ4v) is 3.01. The molecule has 3 aliphatic rings. The van der Waals surface area contributed by atoms with E-state index in [9.17, 15) is 13.6 Å². The van der Waals surface area contributed by atoms with Gasteiger partial charge in [-0.1, -0.05) is 36.5 Å². The van der Waals surface area contributed by atoms with E-state index < -0.39 is 23.7 Å². The molecule has 0 fully saturated rings. The number of halogens is 2. The Morgan fingerprint density at radius 2 is 1.96 bits per heavy atom. The molecule has 24 heavy (non-hydrogen) atoms. The zero-order valence-electron chi connectivity index (χ0n) is 13.6. The maximum atomic E-state index is 14.5. The van der Waals surface area contributed by atoms with Crippen LogP contribution in [0.1, 0.15) is 26.7 Å². The topological polar surface area (TPSA) is 26.3 Å². The molecule has 1 heterocycles. The van der Waals surface area contributed by atoms with Crippen molar-refractivity contribution >= 4 is 5.97 Å². The van der Waals surface area contributed by atoms with Gasteiger partial charge in [-0.3, -0.25) is 0 Å². The number of allylic oxidation sites excluding steroid dienone is 10. The number of carbonyl (C=O) groups excluding carboxylic acids is 1. The van der Waals surface area contributed by atoms with Gasteiger partial charge in [0.25, 0.3) is 0 Å². The van der Waals surface area contributed by atoms with Crippen molar-refractivity contribution in [1.29, 1.82) is 0 Å². The third-order valence-electron chi connectivity index (χ3n) is 4.30. The van der Waals surface area contributed by atoms with E-state index in [2.05, 4.69) is 0 Å². The summed E-state index contributed by atoms with van der Waals surface area (Å²) in [6.07, 6.45) is 12.1. The molecule has 0 aromatic heterocycles. The number of carbonyl (C=O) groups is 1. The van der Waals surface area contributed by atoms with Crippen molar-refractivity contribution in [3.05, 3.63) is 82.1 Å². The van der Waals surface area contributed by atoms with Crippen LogP contribution in [0.15, 0.2) is 82.1 Å². The SMILES string of the molecule is CC1=C(F)CC(C2=C(C3=CCC=CC=C3)C(C)OC2=O)=C(F)C=C1. The van der Waals surface area contributed by atoms with Crippen LogP contribution in [0.25, 0.3) is 0 Å². The zero-order chi connectivity index (χ0) is 17.3. The van der Waals surface area contributed by atoms with Gasteiger partial charge in [0.1, 0.15) is 17.8 Å². The third-order valence-corrected chi connectivity index (χ3v) is 4.30. The largest absolute Gasteiger partial charge is 0.454 e. The normalized spacial score (nSPS) is 24.4. The highest BCUT2D eigenvalue weighted by atomic mass is 19.1. The van der Waals surface area contributed by atoms with Crippen LogP contribution in [0.5, 0.6) is 0 Å². The predicted octanol–water partition coefficient (Wildman–Crippen LogP) is 5.10. The van der Waals surface area contributed by atoms with Crippen LogP contribution in [0.3, 0.4) is 0 Å². The number of rotatable bonds is 2. The summed E-state index contributed by atoms with van der Waals surface area (Å²) in [5, 5.41) is 0. The molecule has 0 saturated carbocycles. The lowest BCUT2D eigenvalue weighted by Gasteiger charge is -2.11. The van der Waals surface area contributed by atoms with Crippen molar-refractivity contribution in [2.24, 2.45) is 0 Å². The van der Waals surface area contributed by atoms with Crippen LogP contribution >= 0.6 is 0 Å². The van der Waals surface area contributed by atoms with Crippen molar-refractivity contribution in [1.82, 2.24) is 0 Å². The van der Waals surface area contributed by atoms with Crippen LogP contribution in [0.2, 0.25) is 0 Å². The summed E-state index contributed by atoms with van der Waals surface area (Å²) in [6, 6.07) is 0. The molecule has 2 aliphatic carbocycles. The van der Waals surface area contributed by atoms with Crippen LogP contribution in [-0.2, 0) is 9.53 Å². The number of hydrogen-bond acceptors (Lipinski definition) is 2. The van der Waals surface area contributed by atoms with Crippen molar-refractivity contribution in [2.45, 2.75) is 32.8 Å². The number of esters is 1. The highest BCUT2D eigenvalue weighted by molar-refractivity contribution is 5.99. The smallest absolute Gasteiger partial charge is 0.339 e. The standard InChI is InChI=1S/C20H18F2O2/c1-12-9-10-16(21)15(11-17(12)22)19-18(13(2)24-20(19)23)14-7-5-3-4-6-8-14/h3-5,7-10,13H,6,11H2,1-2H3. The Kier molecular flexibility index (Phi) is 4.47. The Hall–Kier alpha value is -2.49. The highest BCUT2D eigenvalue weighted by Gasteiger charge is 2.36. The van der Waals surface area contributed by atoms with Crippen molar-refractivity contribution in [3.8, 4) is 0 Å². The van der Waals surface area contributed by atoms with Crippen LogP contribution in [-0.4, -0.2) is 12.1 Å². The van der Waals surface area contributed by atoms with E-state index in [-0.39, 0.29) is 17.6 Å². The molecule has 1 unspecified atom stereocenters. The van der Waals surface area contributed by atoms with Gasteiger partial charge in [-0.05, 0) is 37.5 Å². The Morgan fingerprint density at radius 3 is 2.75 bits per heavy atom. The molecule has 0 saturated heterocycles. The van der Waals surface area contributed by atoms with Gasteiger partial charge in [0.2, 0.25) is 0 Å². The fourth-order valence-electron chi connectivity index (χ4n) is 3.01. The van der Waals surface area contributed by atoms with E-state index in [0.29, 0.717) is 17.6 Å². The van der Waals surface area contributed by atoms with Gasteiger partial charge in [0.05, 0.1) is 5.57 Å². The van der Waals surface area contributed by atoms with Gasteiger partial charge in [-0.25, -0.2) is 13.6 Å². The van der Waals surface area contributed by atoms with E-state index in [1.54, 1.807) is 13.8 Å². The lowest BCUT2D eigenvalue weighted by Crippen LogP contribution is -2.07. The quantitative estimate of drug-likeness (QED) is 0.659. The summed E-state index contributed by atoms with van der Waals surface area (Å²) in [4.78, 5) is 12.4. The Morgan fingerprint density at radius 1 is 1.17 bits per heavy atom. The molecular formula is C20H18F2O2. The molecule has 124 valence electrons. The van der Waals surface area contributed by atoms with Gasteiger partial charge in [0.15, 0.2) is 0 Å². The van der Waals surface area contributed by atoms with E-state index in [1.165, 1.54) is 12.2 Å². The summed E-state index contributed by atoms with van der Waals surface area (Å²) >= 11 is 0. The second kappa shape index (κ2) is 6.56. The number of ether oxygens (including phenoxy) is 1. The third kappa shape index (κ3) is 2.96. The number of cyclic esters (lactones) is 1. The predicted molar refractivity (Wildman–Crippen MR) is 89.3 cm³/mol. The van der Waals surface area contributed by atoms with Gasteiger partial charge < -0.3 is 4.74 Å². The van der Waals surface area contributed by atoms with E-state index in [4.69, 9.17) is 4.74 Å². The molecule has 4 heteroatoms. The average Bonchev–Trinajstić information content (AvgIpc) is 2.74. The summed E-state index contributed by atoms with van der Waals surface area (Å²) in [5.74, 6) is -1.65. The Labute approximate surface area is 139 Å². The second-order valence-electron chi connectivity index (χ2n) is 5.94. The molecular weight excluding hydrogens is 310 g/mol. The first kappa shape index (κ1) is 16.4. The van der Waals surface area contributed by atoms with Gasteiger partial charge in [0, 0.05) is 17.6 Å². The molecule has 0 bridgehead atoms. The Bertz CT molecular complexity index is 801. The first-order chi connectivity index (χ1) is 11.5. The monoisotopic (exact) mass is 328 g/mol. The van der Waals surface area contributed by atoms with Crippen LogP contribution in [0.4, 0.5) is 8.78 Å². The van der Waals surface area contributed by atoms with E-state index in [1.807, 2.05) is 30.4 Å². The molecule has 3 rings (SSSR count). The van der Waals surface area contributed by atoms with Crippen molar-refractivity contribution in [2.75, 3.05) is 0 Å². The molecule has 0 amide bonds. The van der Waals surface area contributed by atoms with Gasteiger partial charge in [-0.15, -0.1) is 0 Å². The number of hydrogen-bond donors (Lipinski definition) is 0. The minimum atomic E-state index is -0.602. The maximum Gasteiger partial charge on any atom is 0.339 e. The first-order valence-electron chi connectivity index (χ1n) is 7.90. The van der Waals surface area contributed by atoms with Gasteiger partial charge in [-0.2, -0.15) is 0 Å². The molecule has 0 aromatic carbocycles. The fraction of sp³-hybridized carbons (Fsp3) is 0.250. The lowest BCUT2D eigenvalue weighted by atomic mass is 9.90. The van der Waals surface area contributed by atoms with E-state index >= 15 is 0 Å². The average molecular weight is 328 g/mol. The molecule has 1 atom stereocenters. The molecule has 1 aliphatic heterocycles. The minimum absolute atomic E-state index is 0.0523. The summed E-state index contributed by atoms with van der Waals surface area (Å²) < 4.78 is 34.0. The second-order valence-corrected chi connectivity index (χ2v) is 5.94. The zero-order valence-corrected chi connectivity index (χ0v) is 13.6. The molecule has 0 aromatic rings. The molecule has 2 nitrogen and oxygen atoms in total. The summed E-state index contributed by atoms with van der Waals surface area (Å²) in [5.41, 5.74) is 1.98. The summed E-state index contributed by atoms with van der Waals surface area (Å²) in [7, 11) is 0. The van der Waals surface area contributed by atoms with Crippen LogP contribution < -0.4 is 0 Å².